The van der Waals surface area contributed by atoms with Crippen LogP contribution in [-0.2, 0) is 11.2 Å². The number of para-hydroxylation sites is 1. The van der Waals surface area contributed by atoms with Crippen molar-refractivity contribution in [1.29, 1.82) is 0 Å². The van der Waals surface area contributed by atoms with Gasteiger partial charge in [0.2, 0.25) is 5.91 Å². The molecule has 1 aromatic rings. The molecule has 1 atom stereocenters. The van der Waals surface area contributed by atoms with E-state index in [1.165, 1.54) is 0 Å². The Bertz CT molecular complexity index is 361. The summed E-state index contributed by atoms with van der Waals surface area (Å²) in [6.45, 7) is 1.89. The third-order valence-electron chi connectivity index (χ3n) is 2.62. The Hall–Kier alpha value is -1.55. The van der Waals surface area contributed by atoms with Crippen molar-refractivity contribution in [1.82, 2.24) is 5.32 Å². The van der Waals surface area contributed by atoms with Crippen molar-refractivity contribution in [2.75, 3.05) is 13.7 Å². The molecule has 4 heteroatoms. The molecule has 1 unspecified atom stereocenters. The van der Waals surface area contributed by atoms with E-state index in [0.717, 1.165) is 5.56 Å². The number of aliphatic hydroxyl groups excluding tert-OH is 1. The zero-order valence-corrected chi connectivity index (χ0v) is 10.3. The molecule has 0 aliphatic heterocycles. The van der Waals surface area contributed by atoms with Crippen LogP contribution < -0.4 is 10.1 Å². The molecule has 1 amide bonds. The van der Waals surface area contributed by atoms with Gasteiger partial charge in [-0.25, -0.2) is 0 Å². The molecule has 0 aliphatic rings. The third-order valence-corrected chi connectivity index (χ3v) is 2.62. The Balaban J connectivity index is 2.61. The molecule has 0 radical (unpaired) electrons. The monoisotopic (exact) mass is 237 g/mol. The molecule has 0 saturated carbocycles. The van der Waals surface area contributed by atoms with Crippen LogP contribution >= 0.6 is 0 Å². The van der Waals surface area contributed by atoms with Crippen molar-refractivity contribution >= 4 is 5.91 Å². The van der Waals surface area contributed by atoms with Gasteiger partial charge in [-0.15, -0.1) is 0 Å². The van der Waals surface area contributed by atoms with Crippen LogP contribution in [0.1, 0.15) is 18.9 Å². The number of nitrogens with one attached hydrogen (secondary N) is 1. The van der Waals surface area contributed by atoms with Crippen LogP contribution in [-0.4, -0.2) is 30.8 Å². The second-order valence-electron chi connectivity index (χ2n) is 3.84. The molecule has 0 spiro atoms. The van der Waals surface area contributed by atoms with Crippen LogP contribution in [0.5, 0.6) is 5.75 Å². The summed E-state index contributed by atoms with van der Waals surface area (Å²) in [5.41, 5.74) is 0.847. The highest BCUT2D eigenvalue weighted by molar-refractivity contribution is 5.79. The summed E-state index contributed by atoms with van der Waals surface area (Å²) >= 11 is 0. The predicted molar refractivity (Wildman–Crippen MR) is 66.0 cm³/mol. The van der Waals surface area contributed by atoms with Gasteiger partial charge in [-0.2, -0.15) is 0 Å². The fourth-order valence-corrected chi connectivity index (χ4v) is 1.58. The van der Waals surface area contributed by atoms with Crippen molar-refractivity contribution in [3.05, 3.63) is 29.8 Å². The molecule has 1 rings (SSSR count). The molecule has 0 bridgehead atoms. The largest absolute Gasteiger partial charge is 0.496 e. The molecule has 4 nitrogen and oxygen atoms in total. The van der Waals surface area contributed by atoms with E-state index in [1.807, 2.05) is 31.2 Å². The van der Waals surface area contributed by atoms with Gasteiger partial charge in [-0.05, 0) is 12.5 Å². The first kappa shape index (κ1) is 13.5. The summed E-state index contributed by atoms with van der Waals surface area (Å²) in [6, 6.07) is 7.25. The van der Waals surface area contributed by atoms with E-state index in [9.17, 15) is 4.79 Å². The number of aliphatic hydroxyl groups is 1. The third kappa shape index (κ3) is 4.07. The van der Waals surface area contributed by atoms with E-state index in [2.05, 4.69) is 5.32 Å². The lowest BCUT2D eigenvalue weighted by Gasteiger charge is -2.14. The van der Waals surface area contributed by atoms with Crippen LogP contribution in [0.15, 0.2) is 24.3 Å². The molecule has 0 heterocycles. The lowest BCUT2D eigenvalue weighted by molar-refractivity contribution is -0.121. The number of methoxy groups -OCH3 is 1. The summed E-state index contributed by atoms with van der Waals surface area (Å²) in [7, 11) is 1.58. The summed E-state index contributed by atoms with van der Waals surface area (Å²) in [4.78, 5) is 11.7. The van der Waals surface area contributed by atoms with Gasteiger partial charge in [0.25, 0.3) is 0 Å². The van der Waals surface area contributed by atoms with Crippen LogP contribution in [0.3, 0.4) is 0 Å². The number of benzene rings is 1. The molecule has 1 aromatic carbocycles. The van der Waals surface area contributed by atoms with E-state index < -0.39 is 0 Å². The average molecular weight is 237 g/mol. The van der Waals surface area contributed by atoms with E-state index in [1.54, 1.807) is 7.11 Å². The van der Waals surface area contributed by atoms with Gasteiger partial charge in [0.1, 0.15) is 5.75 Å². The molecule has 17 heavy (non-hydrogen) atoms. The summed E-state index contributed by atoms with van der Waals surface area (Å²) in [5, 5.41) is 11.8. The molecule has 0 saturated heterocycles. The first-order valence-corrected chi connectivity index (χ1v) is 5.73. The van der Waals surface area contributed by atoms with Crippen molar-refractivity contribution in [3.8, 4) is 5.75 Å². The Morgan fingerprint density at radius 3 is 2.76 bits per heavy atom. The van der Waals surface area contributed by atoms with E-state index in [0.29, 0.717) is 12.2 Å². The smallest absolute Gasteiger partial charge is 0.224 e. The lowest BCUT2D eigenvalue weighted by atomic mass is 10.1. The lowest BCUT2D eigenvalue weighted by Crippen LogP contribution is -2.37. The number of hydrogen-bond donors (Lipinski definition) is 2. The molecular formula is C13H19NO3. The Morgan fingerprint density at radius 1 is 1.47 bits per heavy atom. The van der Waals surface area contributed by atoms with Gasteiger partial charge in [0, 0.05) is 5.56 Å². The first-order valence-electron chi connectivity index (χ1n) is 5.73. The summed E-state index contributed by atoms with van der Waals surface area (Å²) < 4.78 is 5.17. The topological polar surface area (TPSA) is 58.6 Å². The Kier molecular flexibility index (Phi) is 5.49. The van der Waals surface area contributed by atoms with Crippen LogP contribution in [0, 0.1) is 0 Å². The molecule has 0 aromatic heterocycles. The number of carbonyl (C=O) groups is 1. The highest BCUT2D eigenvalue weighted by Crippen LogP contribution is 2.17. The van der Waals surface area contributed by atoms with Crippen molar-refractivity contribution < 1.29 is 14.6 Å². The predicted octanol–water partition coefficient (Wildman–Crippen LogP) is 1.12. The second-order valence-corrected chi connectivity index (χ2v) is 3.84. The normalized spacial score (nSPS) is 11.9. The fourth-order valence-electron chi connectivity index (χ4n) is 1.58. The Morgan fingerprint density at radius 2 is 2.18 bits per heavy atom. The average Bonchev–Trinajstić information content (AvgIpc) is 2.36. The van der Waals surface area contributed by atoms with Crippen molar-refractivity contribution in [3.63, 3.8) is 0 Å². The van der Waals surface area contributed by atoms with Crippen LogP contribution in [0.4, 0.5) is 0 Å². The number of amides is 1. The maximum absolute atomic E-state index is 11.7. The molecule has 0 aliphatic carbocycles. The van der Waals surface area contributed by atoms with Gasteiger partial charge in [-0.1, -0.05) is 25.1 Å². The zero-order valence-electron chi connectivity index (χ0n) is 10.3. The zero-order chi connectivity index (χ0) is 12.7. The van der Waals surface area contributed by atoms with E-state index in [4.69, 9.17) is 9.84 Å². The maximum atomic E-state index is 11.7. The van der Waals surface area contributed by atoms with Gasteiger partial charge >= 0.3 is 0 Å². The Labute approximate surface area is 102 Å². The van der Waals surface area contributed by atoms with E-state index in [-0.39, 0.29) is 25.0 Å². The molecule has 0 fully saturated rings. The number of carbonyl (C=O) groups excluding carboxylic acids is 1. The number of hydrogen-bond acceptors (Lipinski definition) is 3. The maximum Gasteiger partial charge on any atom is 0.224 e. The highest BCUT2D eigenvalue weighted by atomic mass is 16.5. The van der Waals surface area contributed by atoms with Crippen molar-refractivity contribution in [2.24, 2.45) is 0 Å². The SMILES string of the molecule is CCC(CO)NC(=O)Cc1ccccc1OC. The van der Waals surface area contributed by atoms with Crippen molar-refractivity contribution in [2.45, 2.75) is 25.8 Å². The van der Waals surface area contributed by atoms with Gasteiger partial charge in [0.05, 0.1) is 26.2 Å². The summed E-state index contributed by atoms with van der Waals surface area (Å²) in [5.74, 6) is 0.607. The van der Waals surface area contributed by atoms with Crippen LogP contribution in [0.2, 0.25) is 0 Å². The molecule has 2 N–H and O–H groups in total. The van der Waals surface area contributed by atoms with Gasteiger partial charge in [-0.3, -0.25) is 4.79 Å². The highest BCUT2D eigenvalue weighted by Gasteiger charge is 2.11. The molecular weight excluding hydrogens is 218 g/mol. The van der Waals surface area contributed by atoms with Gasteiger partial charge in [0.15, 0.2) is 0 Å². The minimum atomic E-state index is -0.169. The quantitative estimate of drug-likeness (QED) is 0.779. The minimum absolute atomic E-state index is 0.0336. The molecule has 94 valence electrons. The van der Waals surface area contributed by atoms with Gasteiger partial charge < -0.3 is 15.2 Å². The number of ether oxygens (including phenoxy) is 1. The first-order chi connectivity index (χ1) is 8.21. The standard InChI is InChI=1S/C13H19NO3/c1-3-11(9-15)14-13(16)8-10-6-4-5-7-12(10)17-2/h4-7,11,15H,3,8-9H2,1-2H3,(H,14,16). The number of rotatable bonds is 6. The minimum Gasteiger partial charge on any atom is -0.496 e. The second kappa shape index (κ2) is 6.91. The van der Waals surface area contributed by atoms with E-state index >= 15 is 0 Å². The summed E-state index contributed by atoms with van der Waals surface area (Å²) in [6.07, 6.45) is 0.981. The van der Waals surface area contributed by atoms with Crippen LogP contribution in [0.25, 0.3) is 0 Å². The fraction of sp³-hybridized carbons (Fsp3) is 0.462.